The molecule has 2 nitrogen and oxygen atoms in total. The van der Waals surface area contributed by atoms with Crippen molar-refractivity contribution >= 4 is 5.91 Å². The molecule has 0 aromatic carbocycles. The van der Waals surface area contributed by atoms with Crippen LogP contribution in [0.5, 0.6) is 0 Å². The molecule has 0 aromatic rings. The van der Waals surface area contributed by atoms with Crippen LogP contribution in [0.3, 0.4) is 0 Å². The zero-order valence-electron chi connectivity index (χ0n) is 8.18. The zero-order valence-corrected chi connectivity index (χ0v) is 8.18. The van der Waals surface area contributed by atoms with E-state index in [9.17, 15) is 4.79 Å². The highest BCUT2D eigenvalue weighted by atomic mass is 16.2. The third-order valence-electron chi connectivity index (χ3n) is 2.76. The number of rotatable bonds is 4. The molecule has 0 radical (unpaired) electrons. The second kappa shape index (κ2) is 4.48. The van der Waals surface area contributed by atoms with E-state index in [2.05, 4.69) is 13.8 Å². The lowest BCUT2D eigenvalue weighted by atomic mass is 10.1. The van der Waals surface area contributed by atoms with Crippen LogP contribution in [0.2, 0.25) is 0 Å². The number of amides is 1. The molecular formula is C10H19NO. The summed E-state index contributed by atoms with van der Waals surface area (Å²) in [6, 6.07) is 0. The first-order valence-electron chi connectivity index (χ1n) is 5.01. The van der Waals surface area contributed by atoms with Crippen molar-refractivity contribution in [3.05, 3.63) is 0 Å². The molecule has 1 amide bonds. The van der Waals surface area contributed by atoms with Crippen molar-refractivity contribution in [2.75, 3.05) is 13.1 Å². The van der Waals surface area contributed by atoms with Gasteiger partial charge in [-0.2, -0.15) is 0 Å². The van der Waals surface area contributed by atoms with Crippen molar-refractivity contribution in [2.45, 2.75) is 39.5 Å². The van der Waals surface area contributed by atoms with Gasteiger partial charge in [-0.1, -0.05) is 20.3 Å². The second-order valence-corrected chi connectivity index (χ2v) is 3.79. The summed E-state index contributed by atoms with van der Waals surface area (Å²) in [7, 11) is 0. The Hall–Kier alpha value is -0.530. The summed E-state index contributed by atoms with van der Waals surface area (Å²) in [5, 5.41) is 0. The largest absolute Gasteiger partial charge is 0.343 e. The van der Waals surface area contributed by atoms with E-state index >= 15 is 0 Å². The fraction of sp³-hybridized carbons (Fsp3) is 0.900. The second-order valence-electron chi connectivity index (χ2n) is 3.79. The predicted octanol–water partition coefficient (Wildman–Crippen LogP) is 2.04. The predicted molar refractivity (Wildman–Crippen MR) is 49.9 cm³/mol. The molecule has 70 valence electrons. The lowest BCUT2D eigenvalue weighted by molar-refractivity contribution is -0.127. The Labute approximate surface area is 74.9 Å². The molecule has 1 fully saturated rings. The standard InChI is InChI=1S/C10H19NO/c1-3-9(2)6-8-11-7-4-5-10(11)12/h9H,3-8H2,1-2H3. The van der Waals surface area contributed by atoms with Gasteiger partial charge in [-0.25, -0.2) is 0 Å². The molecular weight excluding hydrogens is 150 g/mol. The van der Waals surface area contributed by atoms with Crippen molar-refractivity contribution < 1.29 is 4.79 Å². The Bertz CT molecular complexity index is 156. The number of hydrogen-bond donors (Lipinski definition) is 0. The van der Waals surface area contributed by atoms with Crippen LogP contribution in [-0.2, 0) is 4.79 Å². The maximum absolute atomic E-state index is 11.2. The van der Waals surface area contributed by atoms with Crippen molar-refractivity contribution in [3.8, 4) is 0 Å². The van der Waals surface area contributed by atoms with Crippen LogP contribution in [0, 0.1) is 5.92 Å². The summed E-state index contributed by atoms with van der Waals surface area (Å²) >= 11 is 0. The maximum atomic E-state index is 11.2. The van der Waals surface area contributed by atoms with Gasteiger partial charge in [-0.15, -0.1) is 0 Å². The van der Waals surface area contributed by atoms with Gasteiger partial charge in [-0.05, 0) is 18.8 Å². The highest BCUT2D eigenvalue weighted by Gasteiger charge is 2.19. The fourth-order valence-corrected chi connectivity index (χ4v) is 1.52. The summed E-state index contributed by atoms with van der Waals surface area (Å²) in [5.74, 6) is 1.12. The van der Waals surface area contributed by atoms with Gasteiger partial charge < -0.3 is 4.90 Å². The monoisotopic (exact) mass is 169 g/mol. The zero-order chi connectivity index (χ0) is 8.97. The van der Waals surface area contributed by atoms with Crippen molar-refractivity contribution in [1.82, 2.24) is 4.90 Å². The minimum absolute atomic E-state index is 0.360. The molecule has 0 aliphatic carbocycles. The highest BCUT2D eigenvalue weighted by Crippen LogP contribution is 2.13. The average molecular weight is 169 g/mol. The van der Waals surface area contributed by atoms with Gasteiger partial charge >= 0.3 is 0 Å². The number of hydrogen-bond acceptors (Lipinski definition) is 1. The molecule has 0 bridgehead atoms. The van der Waals surface area contributed by atoms with Gasteiger partial charge in [0.1, 0.15) is 0 Å². The van der Waals surface area contributed by atoms with Gasteiger partial charge in [0.25, 0.3) is 0 Å². The molecule has 1 aliphatic heterocycles. The van der Waals surface area contributed by atoms with E-state index in [4.69, 9.17) is 0 Å². The number of nitrogens with zero attached hydrogens (tertiary/aromatic N) is 1. The Morgan fingerprint density at radius 3 is 2.83 bits per heavy atom. The number of carbonyl (C=O) groups excluding carboxylic acids is 1. The lowest BCUT2D eigenvalue weighted by Gasteiger charge is -2.17. The summed E-state index contributed by atoms with van der Waals surface area (Å²) in [6.45, 7) is 6.43. The average Bonchev–Trinajstić information content (AvgIpc) is 2.47. The topological polar surface area (TPSA) is 20.3 Å². The molecule has 0 aromatic heterocycles. The van der Waals surface area contributed by atoms with E-state index in [-0.39, 0.29) is 0 Å². The minimum Gasteiger partial charge on any atom is -0.343 e. The fourth-order valence-electron chi connectivity index (χ4n) is 1.52. The number of carbonyl (C=O) groups is 1. The first kappa shape index (κ1) is 9.56. The quantitative estimate of drug-likeness (QED) is 0.630. The van der Waals surface area contributed by atoms with E-state index in [1.54, 1.807) is 0 Å². The van der Waals surface area contributed by atoms with Crippen LogP contribution in [-0.4, -0.2) is 23.9 Å². The Morgan fingerprint density at radius 1 is 1.58 bits per heavy atom. The van der Waals surface area contributed by atoms with Crippen LogP contribution in [0.15, 0.2) is 0 Å². The summed E-state index contributed by atoms with van der Waals surface area (Å²) in [5.41, 5.74) is 0. The van der Waals surface area contributed by atoms with E-state index in [0.717, 1.165) is 31.8 Å². The van der Waals surface area contributed by atoms with Gasteiger partial charge in [0.2, 0.25) is 5.91 Å². The summed E-state index contributed by atoms with van der Waals surface area (Å²) in [6.07, 6.45) is 4.24. The summed E-state index contributed by atoms with van der Waals surface area (Å²) in [4.78, 5) is 13.2. The van der Waals surface area contributed by atoms with E-state index in [0.29, 0.717) is 5.91 Å². The Morgan fingerprint density at radius 2 is 2.33 bits per heavy atom. The molecule has 1 aliphatic rings. The van der Waals surface area contributed by atoms with Gasteiger partial charge in [0.15, 0.2) is 0 Å². The third-order valence-corrected chi connectivity index (χ3v) is 2.76. The molecule has 1 heterocycles. The molecule has 0 N–H and O–H groups in total. The molecule has 0 spiro atoms. The minimum atomic E-state index is 0.360. The van der Waals surface area contributed by atoms with E-state index in [1.807, 2.05) is 4.90 Å². The normalized spacial score (nSPS) is 20.2. The van der Waals surface area contributed by atoms with Gasteiger partial charge in [-0.3, -0.25) is 4.79 Å². The maximum Gasteiger partial charge on any atom is 0.222 e. The van der Waals surface area contributed by atoms with Gasteiger partial charge in [0.05, 0.1) is 0 Å². The van der Waals surface area contributed by atoms with E-state index < -0.39 is 0 Å². The Balaban J connectivity index is 2.18. The smallest absolute Gasteiger partial charge is 0.222 e. The highest BCUT2D eigenvalue weighted by molar-refractivity contribution is 5.77. The molecule has 12 heavy (non-hydrogen) atoms. The van der Waals surface area contributed by atoms with E-state index in [1.165, 1.54) is 12.8 Å². The van der Waals surface area contributed by atoms with Crippen molar-refractivity contribution in [2.24, 2.45) is 5.92 Å². The first-order valence-corrected chi connectivity index (χ1v) is 5.01. The number of likely N-dealkylation sites (tertiary alicyclic amines) is 1. The van der Waals surface area contributed by atoms with Crippen LogP contribution >= 0.6 is 0 Å². The molecule has 1 saturated heterocycles. The molecule has 0 saturated carbocycles. The molecule has 2 heteroatoms. The van der Waals surface area contributed by atoms with Crippen molar-refractivity contribution in [3.63, 3.8) is 0 Å². The molecule has 1 unspecified atom stereocenters. The molecule has 1 rings (SSSR count). The van der Waals surface area contributed by atoms with Crippen LogP contribution < -0.4 is 0 Å². The molecule has 1 atom stereocenters. The van der Waals surface area contributed by atoms with Crippen LogP contribution in [0.4, 0.5) is 0 Å². The van der Waals surface area contributed by atoms with Crippen molar-refractivity contribution in [1.29, 1.82) is 0 Å². The third kappa shape index (κ3) is 2.50. The van der Waals surface area contributed by atoms with Gasteiger partial charge in [0, 0.05) is 19.5 Å². The van der Waals surface area contributed by atoms with Crippen LogP contribution in [0.1, 0.15) is 39.5 Å². The van der Waals surface area contributed by atoms with Crippen LogP contribution in [0.25, 0.3) is 0 Å². The Kier molecular flexibility index (Phi) is 3.57. The lowest BCUT2D eigenvalue weighted by Crippen LogP contribution is -2.26. The summed E-state index contributed by atoms with van der Waals surface area (Å²) < 4.78 is 0. The SMILES string of the molecule is CCC(C)CCN1CCCC1=O. The first-order chi connectivity index (χ1) is 5.74.